The van der Waals surface area contributed by atoms with Crippen molar-refractivity contribution in [2.24, 2.45) is 17.8 Å². The van der Waals surface area contributed by atoms with Crippen LogP contribution in [0.1, 0.15) is 13.3 Å². The predicted octanol–water partition coefficient (Wildman–Crippen LogP) is 0.0688. The Morgan fingerprint density at radius 3 is 2.48 bits per heavy atom. The molecular formula is C13H16O8. The molecule has 0 bridgehead atoms. The number of hydrogen-bond donors (Lipinski definition) is 2. The van der Waals surface area contributed by atoms with E-state index in [1.807, 2.05) is 0 Å². The average Bonchev–Trinajstić information content (AvgIpc) is 2.41. The van der Waals surface area contributed by atoms with Gasteiger partial charge in [0.1, 0.15) is 12.7 Å². The van der Waals surface area contributed by atoms with Crippen LogP contribution in [0.25, 0.3) is 0 Å². The first kappa shape index (κ1) is 16.7. The summed E-state index contributed by atoms with van der Waals surface area (Å²) in [5.74, 6) is -5.24. The third-order valence-electron chi connectivity index (χ3n) is 3.52. The largest absolute Gasteiger partial charge is 0.481 e. The van der Waals surface area contributed by atoms with Crippen LogP contribution in [0, 0.1) is 17.8 Å². The molecule has 0 saturated heterocycles. The standard InChI is InChI=1S/C13H16O8/c1-7-2-8(10(21-6-15)4-20-5-14)3-9(12(16)17)11(7)13(18)19/h2,5-6,8-11H,3-4H2,1H3,(H,16,17)(H,18,19). The van der Waals surface area contributed by atoms with Crippen LogP contribution in [0.15, 0.2) is 11.6 Å². The highest BCUT2D eigenvalue weighted by Gasteiger charge is 2.42. The molecule has 0 aromatic heterocycles. The lowest BCUT2D eigenvalue weighted by Gasteiger charge is -2.33. The Labute approximate surface area is 120 Å². The highest BCUT2D eigenvalue weighted by Crippen LogP contribution is 2.36. The van der Waals surface area contributed by atoms with E-state index in [1.165, 1.54) is 6.92 Å². The van der Waals surface area contributed by atoms with E-state index < -0.39 is 35.8 Å². The van der Waals surface area contributed by atoms with Gasteiger partial charge in [0.2, 0.25) is 0 Å². The summed E-state index contributed by atoms with van der Waals surface area (Å²) >= 11 is 0. The Kier molecular flexibility index (Phi) is 5.89. The van der Waals surface area contributed by atoms with Crippen molar-refractivity contribution in [1.29, 1.82) is 0 Å². The minimum absolute atomic E-state index is 0.0234. The normalized spacial score (nSPS) is 26.1. The maximum atomic E-state index is 11.3. The fraction of sp³-hybridized carbons (Fsp3) is 0.538. The Morgan fingerprint density at radius 2 is 2.00 bits per heavy atom. The molecule has 1 aliphatic carbocycles. The van der Waals surface area contributed by atoms with Crippen molar-refractivity contribution < 1.29 is 38.9 Å². The SMILES string of the molecule is CC1=CC(C(COC=O)OC=O)CC(C(=O)O)C1C(=O)O. The second kappa shape index (κ2) is 7.41. The summed E-state index contributed by atoms with van der Waals surface area (Å²) in [6.45, 7) is 1.66. The van der Waals surface area contributed by atoms with Gasteiger partial charge in [0.15, 0.2) is 0 Å². The Hall–Kier alpha value is -2.38. The molecule has 1 rings (SSSR count). The number of hydrogen-bond acceptors (Lipinski definition) is 6. The molecule has 4 atom stereocenters. The molecule has 116 valence electrons. The summed E-state index contributed by atoms with van der Waals surface area (Å²) in [5.41, 5.74) is 0.372. The van der Waals surface area contributed by atoms with Gasteiger partial charge < -0.3 is 19.7 Å². The lowest BCUT2D eigenvalue weighted by Crippen LogP contribution is -2.40. The van der Waals surface area contributed by atoms with Crippen molar-refractivity contribution in [3.05, 3.63) is 11.6 Å². The van der Waals surface area contributed by atoms with Crippen LogP contribution in [-0.4, -0.2) is 47.8 Å². The molecule has 0 spiro atoms. The van der Waals surface area contributed by atoms with Crippen LogP contribution in [-0.2, 0) is 28.7 Å². The maximum absolute atomic E-state index is 11.3. The smallest absolute Gasteiger partial charge is 0.311 e. The van der Waals surface area contributed by atoms with Crippen molar-refractivity contribution in [2.45, 2.75) is 19.4 Å². The molecule has 0 heterocycles. The minimum Gasteiger partial charge on any atom is -0.481 e. The Morgan fingerprint density at radius 1 is 1.33 bits per heavy atom. The monoisotopic (exact) mass is 300 g/mol. The first-order valence-corrected chi connectivity index (χ1v) is 6.20. The van der Waals surface area contributed by atoms with Gasteiger partial charge in [-0.15, -0.1) is 0 Å². The van der Waals surface area contributed by atoms with Crippen molar-refractivity contribution in [2.75, 3.05) is 6.61 Å². The molecule has 8 nitrogen and oxygen atoms in total. The molecule has 0 radical (unpaired) electrons. The number of carbonyl (C=O) groups excluding carboxylic acids is 2. The van der Waals surface area contributed by atoms with Gasteiger partial charge in [0, 0.05) is 5.92 Å². The topological polar surface area (TPSA) is 127 Å². The van der Waals surface area contributed by atoms with Crippen LogP contribution in [0.4, 0.5) is 0 Å². The summed E-state index contributed by atoms with van der Waals surface area (Å²) in [4.78, 5) is 43.2. The first-order chi connectivity index (χ1) is 9.92. The van der Waals surface area contributed by atoms with Gasteiger partial charge in [0.05, 0.1) is 11.8 Å². The molecule has 4 unspecified atom stereocenters. The van der Waals surface area contributed by atoms with Gasteiger partial charge in [-0.2, -0.15) is 0 Å². The fourth-order valence-corrected chi connectivity index (χ4v) is 2.59. The van der Waals surface area contributed by atoms with E-state index in [-0.39, 0.29) is 26.0 Å². The second-order valence-corrected chi connectivity index (χ2v) is 4.77. The van der Waals surface area contributed by atoms with E-state index in [4.69, 9.17) is 9.84 Å². The van der Waals surface area contributed by atoms with Gasteiger partial charge in [0.25, 0.3) is 12.9 Å². The zero-order chi connectivity index (χ0) is 16.0. The molecule has 8 heteroatoms. The second-order valence-electron chi connectivity index (χ2n) is 4.77. The molecule has 0 aromatic carbocycles. The summed E-state index contributed by atoms with van der Waals surface area (Å²) < 4.78 is 9.36. The average molecular weight is 300 g/mol. The summed E-state index contributed by atoms with van der Waals surface area (Å²) in [7, 11) is 0. The third-order valence-corrected chi connectivity index (χ3v) is 3.52. The van der Waals surface area contributed by atoms with Gasteiger partial charge in [-0.05, 0) is 13.3 Å². The lowest BCUT2D eigenvalue weighted by atomic mass is 9.73. The number of carboxylic acids is 2. The van der Waals surface area contributed by atoms with Gasteiger partial charge in [-0.1, -0.05) is 11.6 Å². The zero-order valence-corrected chi connectivity index (χ0v) is 11.3. The summed E-state index contributed by atoms with van der Waals surface area (Å²) in [5, 5.41) is 18.3. The molecule has 1 aliphatic rings. The lowest BCUT2D eigenvalue weighted by molar-refractivity contribution is -0.155. The van der Waals surface area contributed by atoms with Crippen LogP contribution in [0.3, 0.4) is 0 Å². The molecule has 0 aromatic rings. The predicted molar refractivity (Wildman–Crippen MR) is 67.1 cm³/mol. The van der Waals surface area contributed by atoms with Crippen LogP contribution in [0.5, 0.6) is 0 Å². The Bertz CT molecular complexity index is 455. The van der Waals surface area contributed by atoms with Crippen molar-refractivity contribution in [1.82, 2.24) is 0 Å². The molecule has 21 heavy (non-hydrogen) atoms. The quantitative estimate of drug-likeness (QED) is 0.476. The minimum atomic E-state index is -1.24. The highest BCUT2D eigenvalue weighted by molar-refractivity contribution is 5.82. The van der Waals surface area contributed by atoms with Crippen LogP contribution >= 0.6 is 0 Å². The van der Waals surface area contributed by atoms with E-state index in [0.29, 0.717) is 5.57 Å². The zero-order valence-electron chi connectivity index (χ0n) is 11.3. The molecule has 0 aliphatic heterocycles. The van der Waals surface area contributed by atoms with E-state index in [9.17, 15) is 24.3 Å². The molecule has 0 amide bonds. The highest BCUT2D eigenvalue weighted by atomic mass is 16.6. The van der Waals surface area contributed by atoms with Crippen molar-refractivity contribution in [3.8, 4) is 0 Å². The summed E-state index contributed by atoms with van der Waals surface area (Å²) in [6.07, 6.45) is 0.685. The fourth-order valence-electron chi connectivity index (χ4n) is 2.59. The number of carboxylic acid groups (broad SMARTS) is 2. The van der Waals surface area contributed by atoms with Crippen LogP contribution in [0.2, 0.25) is 0 Å². The molecule has 2 N–H and O–H groups in total. The van der Waals surface area contributed by atoms with Crippen LogP contribution < -0.4 is 0 Å². The molecular weight excluding hydrogens is 284 g/mol. The van der Waals surface area contributed by atoms with E-state index in [1.54, 1.807) is 6.08 Å². The van der Waals surface area contributed by atoms with Gasteiger partial charge in [-0.3, -0.25) is 19.2 Å². The van der Waals surface area contributed by atoms with Gasteiger partial charge in [-0.25, -0.2) is 0 Å². The van der Waals surface area contributed by atoms with Crippen molar-refractivity contribution >= 4 is 24.9 Å². The number of rotatable bonds is 8. The van der Waals surface area contributed by atoms with Gasteiger partial charge >= 0.3 is 11.9 Å². The third kappa shape index (κ3) is 4.04. The summed E-state index contributed by atoms with van der Waals surface area (Å²) in [6, 6.07) is 0. The molecule has 0 saturated carbocycles. The maximum Gasteiger partial charge on any atom is 0.311 e. The van der Waals surface area contributed by atoms with E-state index in [0.717, 1.165) is 0 Å². The number of ether oxygens (including phenoxy) is 2. The van der Waals surface area contributed by atoms with Crippen molar-refractivity contribution in [3.63, 3.8) is 0 Å². The van der Waals surface area contributed by atoms with E-state index in [2.05, 4.69) is 4.74 Å². The number of carbonyl (C=O) groups is 4. The van der Waals surface area contributed by atoms with E-state index >= 15 is 0 Å². The number of aliphatic carboxylic acids is 2. The molecule has 0 fully saturated rings. The first-order valence-electron chi connectivity index (χ1n) is 6.20. The Balaban J connectivity index is 3.02.